The Balaban J connectivity index is 0.000000310. The van der Waals surface area contributed by atoms with Gasteiger partial charge in [0.1, 0.15) is 0 Å². The zero-order valence-corrected chi connectivity index (χ0v) is 7.94. The summed E-state index contributed by atoms with van der Waals surface area (Å²) in [6.07, 6.45) is 2.36. The first-order valence-corrected chi connectivity index (χ1v) is 4.49. The van der Waals surface area contributed by atoms with E-state index in [1.54, 1.807) is 0 Å². The Labute approximate surface area is 78.1 Å². The molecule has 1 heterocycles. The zero-order valence-electron chi connectivity index (χ0n) is 7.94. The topological polar surface area (TPSA) is 86.8 Å². The van der Waals surface area contributed by atoms with Crippen molar-refractivity contribution in [1.82, 2.24) is 4.90 Å². The van der Waals surface area contributed by atoms with Crippen molar-refractivity contribution in [3.63, 3.8) is 0 Å². The lowest BCUT2D eigenvalue weighted by Gasteiger charge is -2.31. The number of hydrogen-bond donors (Lipinski definition) is 3. The molecule has 0 aromatic heterocycles. The third-order valence-corrected chi connectivity index (χ3v) is 2.07. The van der Waals surface area contributed by atoms with Crippen LogP contribution in [0, 0.1) is 0 Å². The van der Waals surface area contributed by atoms with E-state index in [2.05, 4.69) is 11.8 Å². The van der Waals surface area contributed by atoms with E-state index >= 15 is 0 Å². The third kappa shape index (κ3) is 6.36. The molecule has 0 amide bonds. The molecule has 0 aliphatic carbocycles. The molecule has 0 radical (unpaired) electrons. The van der Waals surface area contributed by atoms with Crippen LogP contribution >= 0.6 is 0 Å². The predicted octanol–water partition coefficient (Wildman–Crippen LogP) is 0.999. The first-order valence-electron chi connectivity index (χ1n) is 4.49. The molecule has 0 bridgehead atoms. The SMILES string of the molecule is CCN1CCCCC1N.O=C(O)O. The van der Waals surface area contributed by atoms with Crippen LogP contribution in [0.1, 0.15) is 26.2 Å². The number of nitrogens with two attached hydrogens (primary N) is 1. The molecule has 0 saturated carbocycles. The van der Waals surface area contributed by atoms with Gasteiger partial charge in [-0.25, -0.2) is 4.79 Å². The molecular weight excluding hydrogens is 172 g/mol. The van der Waals surface area contributed by atoms with Crippen molar-refractivity contribution in [3.8, 4) is 0 Å². The van der Waals surface area contributed by atoms with Crippen LogP contribution in [0.3, 0.4) is 0 Å². The van der Waals surface area contributed by atoms with Gasteiger partial charge in [0.15, 0.2) is 0 Å². The van der Waals surface area contributed by atoms with Gasteiger partial charge >= 0.3 is 6.16 Å². The van der Waals surface area contributed by atoms with E-state index in [1.165, 1.54) is 25.8 Å². The summed E-state index contributed by atoms with van der Waals surface area (Å²) < 4.78 is 0. The average molecular weight is 190 g/mol. The molecule has 1 fully saturated rings. The highest BCUT2D eigenvalue weighted by Gasteiger charge is 2.15. The number of hydrogen-bond acceptors (Lipinski definition) is 3. The maximum atomic E-state index is 8.56. The smallest absolute Gasteiger partial charge is 0.450 e. The Morgan fingerprint density at radius 1 is 1.54 bits per heavy atom. The van der Waals surface area contributed by atoms with E-state index in [1.807, 2.05) is 0 Å². The Hall–Kier alpha value is -0.810. The normalized spacial score (nSPS) is 23.1. The quantitative estimate of drug-likeness (QED) is 0.574. The van der Waals surface area contributed by atoms with Gasteiger partial charge in [-0.2, -0.15) is 0 Å². The van der Waals surface area contributed by atoms with Crippen molar-refractivity contribution in [2.45, 2.75) is 32.4 Å². The van der Waals surface area contributed by atoms with Gasteiger partial charge < -0.3 is 15.9 Å². The van der Waals surface area contributed by atoms with Crippen LogP contribution in [-0.4, -0.2) is 40.5 Å². The number of rotatable bonds is 1. The summed E-state index contributed by atoms with van der Waals surface area (Å²) in [5, 5.41) is 13.9. The van der Waals surface area contributed by atoms with Gasteiger partial charge in [-0.1, -0.05) is 6.92 Å². The number of carbonyl (C=O) groups is 1. The van der Waals surface area contributed by atoms with Gasteiger partial charge in [0, 0.05) is 0 Å². The number of likely N-dealkylation sites (tertiary alicyclic amines) is 1. The second kappa shape index (κ2) is 6.68. The van der Waals surface area contributed by atoms with Crippen molar-refractivity contribution < 1.29 is 15.0 Å². The number of nitrogens with zero attached hydrogens (tertiary/aromatic N) is 1. The fourth-order valence-electron chi connectivity index (χ4n) is 1.41. The minimum atomic E-state index is -1.83. The number of piperidine rings is 1. The lowest BCUT2D eigenvalue weighted by molar-refractivity contribution is 0.137. The summed E-state index contributed by atoms with van der Waals surface area (Å²) in [4.78, 5) is 10.9. The molecule has 0 aromatic carbocycles. The van der Waals surface area contributed by atoms with E-state index in [9.17, 15) is 0 Å². The Kier molecular flexibility index (Phi) is 6.26. The first kappa shape index (κ1) is 12.2. The van der Waals surface area contributed by atoms with E-state index in [0.29, 0.717) is 6.17 Å². The second-order valence-corrected chi connectivity index (χ2v) is 2.97. The Morgan fingerprint density at radius 3 is 2.38 bits per heavy atom. The van der Waals surface area contributed by atoms with Crippen molar-refractivity contribution in [2.75, 3.05) is 13.1 Å². The molecule has 0 spiro atoms. The van der Waals surface area contributed by atoms with E-state index < -0.39 is 6.16 Å². The lowest BCUT2D eigenvalue weighted by atomic mass is 10.1. The minimum Gasteiger partial charge on any atom is -0.450 e. The van der Waals surface area contributed by atoms with Crippen molar-refractivity contribution in [2.24, 2.45) is 5.73 Å². The monoisotopic (exact) mass is 190 g/mol. The molecule has 5 heteroatoms. The highest BCUT2D eigenvalue weighted by molar-refractivity contribution is 5.53. The lowest BCUT2D eigenvalue weighted by Crippen LogP contribution is -2.44. The molecular formula is C8H18N2O3. The van der Waals surface area contributed by atoms with Crippen LogP contribution in [0.25, 0.3) is 0 Å². The van der Waals surface area contributed by atoms with Crippen LogP contribution in [-0.2, 0) is 0 Å². The van der Waals surface area contributed by atoms with Gasteiger partial charge in [-0.15, -0.1) is 0 Å². The molecule has 78 valence electrons. The molecule has 5 nitrogen and oxygen atoms in total. The van der Waals surface area contributed by atoms with Gasteiger partial charge in [-0.3, -0.25) is 4.90 Å². The van der Waals surface area contributed by atoms with Crippen molar-refractivity contribution in [1.29, 1.82) is 0 Å². The Bertz CT molecular complexity index is 148. The van der Waals surface area contributed by atoms with Gasteiger partial charge in [0.05, 0.1) is 6.17 Å². The summed E-state index contributed by atoms with van der Waals surface area (Å²) in [5.74, 6) is 0. The molecule has 1 unspecified atom stereocenters. The van der Waals surface area contributed by atoms with E-state index in [4.69, 9.17) is 20.7 Å². The maximum absolute atomic E-state index is 8.56. The highest BCUT2D eigenvalue weighted by atomic mass is 16.6. The molecule has 4 N–H and O–H groups in total. The second-order valence-electron chi connectivity index (χ2n) is 2.97. The summed E-state index contributed by atoms with van der Waals surface area (Å²) in [7, 11) is 0. The van der Waals surface area contributed by atoms with Crippen LogP contribution < -0.4 is 5.73 Å². The van der Waals surface area contributed by atoms with Gasteiger partial charge in [-0.05, 0) is 32.4 Å². The fourth-order valence-corrected chi connectivity index (χ4v) is 1.41. The van der Waals surface area contributed by atoms with Crippen LogP contribution in [0.5, 0.6) is 0 Å². The molecule has 0 aromatic rings. The zero-order chi connectivity index (χ0) is 10.3. The first-order chi connectivity index (χ1) is 6.07. The van der Waals surface area contributed by atoms with Gasteiger partial charge in [0.2, 0.25) is 0 Å². The predicted molar refractivity (Wildman–Crippen MR) is 49.7 cm³/mol. The van der Waals surface area contributed by atoms with E-state index in [-0.39, 0.29) is 0 Å². The summed E-state index contributed by atoms with van der Waals surface area (Å²) >= 11 is 0. The molecule has 1 saturated heterocycles. The largest absolute Gasteiger partial charge is 0.503 e. The van der Waals surface area contributed by atoms with Gasteiger partial charge in [0.25, 0.3) is 0 Å². The van der Waals surface area contributed by atoms with E-state index in [0.717, 1.165) is 6.54 Å². The molecule has 1 atom stereocenters. The maximum Gasteiger partial charge on any atom is 0.503 e. The van der Waals surface area contributed by atoms with Crippen LogP contribution in [0.2, 0.25) is 0 Å². The minimum absolute atomic E-state index is 0.351. The molecule has 1 rings (SSSR count). The average Bonchev–Trinajstić information content (AvgIpc) is 2.04. The number of carboxylic acid groups (broad SMARTS) is 2. The van der Waals surface area contributed by atoms with Crippen LogP contribution in [0.15, 0.2) is 0 Å². The van der Waals surface area contributed by atoms with Crippen LogP contribution in [0.4, 0.5) is 4.79 Å². The Morgan fingerprint density at radius 2 is 2.08 bits per heavy atom. The third-order valence-electron chi connectivity index (χ3n) is 2.07. The van der Waals surface area contributed by atoms with Crippen molar-refractivity contribution >= 4 is 6.16 Å². The molecule has 1 aliphatic rings. The fraction of sp³-hybridized carbons (Fsp3) is 0.875. The van der Waals surface area contributed by atoms with Crippen molar-refractivity contribution in [3.05, 3.63) is 0 Å². The molecule has 1 aliphatic heterocycles. The summed E-state index contributed by atoms with van der Waals surface area (Å²) in [6.45, 7) is 4.49. The molecule has 13 heavy (non-hydrogen) atoms. The summed E-state index contributed by atoms with van der Waals surface area (Å²) in [6, 6.07) is 0. The summed E-state index contributed by atoms with van der Waals surface area (Å²) in [5.41, 5.74) is 5.82. The highest BCUT2D eigenvalue weighted by Crippen LogP contribution is 2.11. The standard InChI is InChI=1S/C7H16N2.CH2O3/c1-2-9-6-4-3-5-7(9)8;2-1(3)4/h7H,2-6,8H2,1H3;(H2,2,3,4).